The number of benzene rings is 4. The molecule has 0 bridgehead atoms. The number of carbonyl (C=O) groups excluding carboxylic acids is 1. The number of ketones is 1. The number of hydrogen-bond donors (Lipinski definition) is 0. The van der Waals surface area contributed by atoms with Crippen molar-refractivity contribution in [2.75, 3.05) is 0 Å². The van der Waals surface area contributed by atoms with Crippen LogP contribution in [0.2, 0.25) is 0 Å². The van der Waals surface area contributed by atoms with Gasteiger partial charge in [-0.1, -0.05) is 116 Å². The van der Waals surface area contributed by atoms with Gasteiger partial charge in [0.05, 0.1) is 5.56 Å². The Balaban J connectivity index is 1.81. The standard InChI is InChI=1S/C32H24BF3O2/c1-3-23-10-18-28(19-11-23)33(29-20-12-24(4-2)13-21-29)38-31(22-30(37)25-8-6-5-7-9-25)26-14-16-27(17-15-26)32(34,35)36/h3-22H,1-2H2/b31-22-. The fraction of sp³-hybridized carbons (Fsp3) is 0.0312. The van der Waals surface area contributed by atoms with Crippen LogP contribution in [0.25, 0.3) is 17.9 Å². The minimum absolute atomic E-state index is 0.151. The molecule has 0 unspecified atom stereocenters. The van der Waals surface area contributed by atoms with Gasteiger partial charge in [0.1, 0.15) is 5.76 Å². The fourth-order valence-electron chi connectivity index (χ4n) is 3.88. The molecule has 0 aliphatic carbocycles. The summed E-state index contributed by atoms with van der Waals surface area (Å²) in [5.74, 6) is -0.179. The molecule has 0 aliphatic heterocycles. The van der Waals surface area contributed by atoms with Crippen molar-refractivity contribution in [3.05, 3.63) is 150 Å². The maximum absolute atomic E-state index is 13.2. The van der Waals surface area contributed by atoms with Crippen LogP contribution in [0.1, 0.15) is 32.6 Å². The van der Waals surface area contributed by atoms with Crippen LogP contribution in [0.4, 0.5) is 13.2 Å². The summed E-state index contributed by atoms with van der Waals surface area (Å²) in [5, 5.41) is 0. The smallest absolute Gasteiger partial charge is 0.426 e. The second-order valence-electron chi connectivity index (χ2n) is 8.55. The highest BCUT2D eigenvalue weighted by molar-refractivity contribution is 6.80. The Morgan fingerprint density at radius 2 is 1.18 bits per heavy atom. The summed E-state index contributed by atoms with van der Waals surface area (Å²) in [7, 11) is 0. The molecule has 2 nitrogen and oxygen atoms in total. The Kier molecular flexibility index (Phi) is 8.12. The van der Waals surface area contributed by atoms with Gasteiger partial charge in [0, 0.05) is 17.2 Å². The van der Waals surface area contributed by atoms with Crippen LogP contribution >= 0.6 is 0 Å². The van der Waals surface area contributed by atoms with E-state index in [1.807, 2.05) is 48.5 Å². The summed E-state index contributed by atoms with van der Waals surface area (Å²) in [4.78, 5) is 13.1. The van der Waals surface area contributed by atoms with Crippen molar-refractivity contribution in [3.8, 4) is 0 Å². The summed E-state index contributed by atoms with van der Waals surface area (Å²) in [6.45, 7) is 6.93. The Morgan fingerprint density at radius 3 is 1.63 bits per heavy atom. The normalized spacial score (nSPS) is 11.5. The summed E-state index contributed by atoms with van der Waals surface area (Å²) in [6, 6.07) is 28.4. The molecule has 0 N–H and O–H groups in total. The molecule has 0 amide bonds. The lowest BCUT2D eigenvalue weighted by atomic mass is 9.55. The van der Waals surface area contributed by atoms with E-state index in [2.05, 4.69) is 13.2 Å². The van der Waals surface area contributed by atoms with Gasteiger partial charge in [-0.3, -0.25) is 4.79 Å². The van der Waals surface area contributed by atoms with Gasteiger partial charge in [0.25, 0.3) is 0 Å². The van der Waals surface area contributed by atoms with Gasteiger partial charge < -0.3 is 4.65 Å². The first kappa shape index (κ1) is 26.5. The second-order valence-corrected chi connectivity index (χ2v) is 8.55. The zero-order valence-electron chi connectivity index (χ0n) is 20.5. The van der Waals surface area contributed by atoms with E-state index in [1.54, 1.807) is 42.5 Å². The molecule has 0 heterocycles. The predicted octanol–water partition coefficient (Wildman–Crippen LogP) is 7.04. The van der Waals surface area contributed by atoms with Crippen LogP contribution in [0.3, 0.4) is 0 Å². The SMILES string of the molecule is C=Cc1ccc(B(O/C(=C\C(=O)c2ccccc2)c2ccc(C(F)(F)F)cc2)c2ccc(C=C)cc2)cc1. The summed E-state index contributed by atoms with van der Waals surface area (Å²) in [6.07, 6.45) is 0.293. The fourth-order valence-corrected chi connectivity index (χ4v) is 3.88. The minimum atomic E-state index is -4.48. The number of hydrogen-bond acceptors (Lipinski definition) is 2. The van der Waals surface area contributed by atoms with E-state index in [0.717, 1.165) is 34.2 Å². The van der Waals surface area contributed by atoms with Crippen molar-refractivity contribution < 1.29 is 22.6 Å². The zero-order chi connectivity index (χ0) is 27.1. The molecule has 38 heavy (non-hydrogen) atoms. The molecule has 0 fully saturated rings. The highest BCUT2D eigenvalue weighted by atomic mass is 19.4. The topological polar surface area (TPSA) is 26.3 Å². The summed E-state index contributed by atoms with van der Waals surface area (Å²) in [5.41, 5.74) is 3.44. The van der Waals surface area contributed by atoms with E-state index in [0.29, 0.717) is 11.1 Å². The van der Waals surface area contributed by atoms with Crippen LogP contribution < -0.4 is 10.9 Å². The Morgan fingerprint density at radius 1 is 0.684 bits per heavy atom. The molecule has 0 aliphatic rings. The molecule has 0 spiro atoms. The molecular formula is C32H24BF3O2. The molecule has 4 aromatic rings. The van der Waals surface area contributed by atoms with Gasteiger partial charge in [-0.15, -0.1) is 0 Å². The predicted molar refractivity (Wildman–Crippen MR) is 149 cm³/mol. The Labute approximate surface area is 220 Å². The number of halogens is 3. The third-order valence-electron chi connectivity index (χ3n) is 6.01. The van der Waals surface area contributed by atoms with E-state index in [9.17, 15) is 18.0 Å². The second kappa shape index (κ2) is 11.7. The molecule has 0 saturated heterocycles. The third-order valence-corrected chi connectivity index (χ3v) is 6.01. The monoisotopic (exact) mass is 508 g/mol. The molecule has 0 saturated carbocycles. The molecule has 0 radical (unpaired) electrons. The first-order valence-electron chi connectivity index (χ1n) is 11.9. The van der Waals surface area contributed by atoms with Crippen molar-refractivity contribution in [1.29, 1.82) is 0 Å². The lowest BCUT2D eigenvalue weighted by Crippen LogP contribution is -2.44. The quantitative estimate of drug-likeness (QED) is 0.105. The van der Waals surface area contributed by atoms with Crippen molar-refractivity contribution in [2.24, 2.45) is 0 Å². The van der Waals surface area contributed by atoms with Crippen molar-refractivity contribution in [2.45, 2.75) is 6.18 Å². The van der Waals surface area contributed by atoms with E-state index >= 15 is 0 Å². The van der Waals surface area contributed by atoms with Gasteiger partial charge in [0.2, 0.25) is 0 Å². The Bertz CT molecular complexity index is 1390. The van der Waals surface area contributed by atoms with E-state index < -0.39 is 18.7 Å². The maximum Gasteiger partial charge on any atom is 0.426 e. The lowest BCUT2D eigenvalue weighted by Gasteiger charge is -2.20. The summed E-state index contributed by atoms with van der Waals surface area (Å²) >= 11 is 0. The highest BCUT2D eigenvalue weighted by Gasteiger charge is 2.31. The summed E-state index contributed by atoms with van der Waals surface area (Å²) < 4.78 is 46.1. The van der Waals surface area contributed by atoms with Crippen LogP contribution in [0, 0.1) is 0 Å². The van der Waals surface area contributed by atoms with E-state index in [-0.39, 0.29) is 11.5 Å². The molecule has 4 rings (SSSR count). The molecular weight excluding hydrogens is 484 g/mol. The molecule has 4 aromatic carbocycles. The first-order chi connectivity index (χ1) is 18.3. The molecule has 0 aromatic heterocycles. The van der Waals surface area contributed by atoms with E-state index in [4.69, 9.17) is 4.65 Å². The van der Waals surface area contributed by atoms with Crippen molar-refractivity contribution in [3.63, 3.8) is 0 Å². The van der Waals surface area contributed by atoms with Crippen LogP contribution in [-0.4, -0.2) is 12.7 Å². The number of carbonyl (C=O) groups is 1. The zero-order valence-corrected chi connectivity index (χ0v) is 20.5. The average molecular weight is 508 g/mol. The first-order valence-corrected chi connectivity index (χ1v) is 11.9. The van der Waals surface area contributed by atoms with Crippen LogP contribution in [-0.2, 0) is 10.8 Å². The number of allylic oxidation sites excluding steroid dienone is 1. The van der Waals surface area contributed by atoms with Gasteiger partial charge in [-0.2, -0.15) is 13.2 Å². The maximum atomic E-state index is 13.2. The number of rotatable bonds is 9. The van der Waals surface area contributed by atoms with Crippen molar-refractivity contribution >= 4 is 41.5 Å². The highest BCUT2D eigenvalue weighted by Crippen LogP contribution is 2.30. The lowest BCUT2D eigenvalue weighted by molar-refractivity contribution is -0.137. The van der Waals surface area contributed by atoms with Gasteiger partial charge in [0.15, 0.2) is 5.78 Å². The van der Waals surface area contributed by atoms with E-state index in [1.165, 1.54) is 18.2 Å². The van der Waals surface area contributed by atoms with Crippen LogP contribution in [0.15, 0.2) is 122 Å². The van der Waals surface area contributed by atoms with Gasteiger partial charge in [-0.05, 0) is 34.2 Å². The van der Waals surface area contributed by atoms with Crippen LogP contribution in [0.5, 0.6) is 0 Å². The average Bonchev–Trinajstić information content (AvgIpc) is 2.95. The largest absolute Gasteiger partial charge is 0.551 e. The van der Waals surface area contributed by atoms with Crippen molar-refractivity contribution in [1.82, 2.24) is 0 Å². The molecule has 188 valence electrons. The number of alkyl halides is 3. The minimum Gasteiger partial charge on any atom is -0.551 e. The third kappa shape index (κ3) is 6.40. The molecule has 6 heteroatoms. The van der Waals surface area contributed by atoms with Gasteiger partial charge in [-0.25, -0.2) is 0 Å². The molecule has 0 atom stereocenters. The Hall–Kier alpha value is -4.58. The van der Waals surface area contributed by atoms with Gasteiger partial charge >= 0.3 is 13.1 Å².